The Hall–Kier alpha value is -0.140. The Labute approximate surface area is 123 Å². The lowest BCUT2D eigenvalue weighted by Gasteiger charge is -2.32. The molecule has 0 saturated carbocycles. The quantitative estimate of drug-likeness (QED) is 0.929. The third kappa shape index (κ3) is 3.13. The molecule has 1 N–H and O–H groups in total. The third-order valence-corrected chi connectivity index (χ3v) is 7.40. The van der Waals surface area contributed by atoms with Crippen LogP contribution in [0.2, 0.25) is 4.34 Å². The van der Waals surface area contributed by atoms with E-state index in [1.54, 1.807) is 19.9 Å². The molecular weight excluding hydrogens is 306 g/mol. The predicted octanol–water partition coefficient (Wildman–Crippen LogP) is 2.49. The number of hydrogen-bond acceptors (Lipinski definition) is 4. The van der Waals surface area contributed by atoms with Crippen LogP contribution in [0.1, 0.15) is 25.3 Å². The summed E-state index contributed by atoms with van der Waals surface area (Å²) in [5, 5.41) is 9.64. The number of sulfonamides is 1. The predicted molar refractivity (Wildman–Crippen MR) is 77.2 cm³/mol. The molecule has 19 heavy (non-hydrogen) atoms. The molecule has 0 aliphatic carbocycles. The van der Waals surface area contributed by atoms with Gasteiger partial charge < -0.3 is 5.11 Å². The van der Waals surface area contributed by atoms with Crippen LogP contribution >= 0.6 is 22.9 Å². The maximum absolute atomic E-state index is 12.5. The molecule has 108 valence electrons. The first-order valence-electron chi connectivity index (χ1n) is 6.26. The normalized spacial score (nSPS) is 23.5. The summed E-state index contributed by atoms with van der Waals surface area (Å²) in [4.78, 5) is 0. The maximum atomic E-state index is 12.5. The molecule has 0 amide bonds. The number of thiophene rings is 1. The Morgan fingerprint density at radius 2 is 2.26 bits per heavy atom. The maximum Gasteiger partial charge on any atom is 0.252 e. The van der Waals surface area contributed by atoms with Gasteiger partial charge in [0.1, 0.15) is 4.21 Å². The highest BCUT2D eigenvalue weighted by molar-refractivity contribution is 7.91. The molecule has 1 aliphatic rings. The van der Waals surface area contributed by atoms with Crippen LogP contribution in [0.25, 0.3) is 0 Å². The Morgan fingerprint density at radius 3 is 2.79 bits per heavy atom. The fourth-order valence-corrected chi connectivity index (χ4v) is 5.67. The smallest absolute Gasteiger partial charge is 0.252 e. The van der Waals surface area contributed by atoms with Crippen LogP contribution in [0.15, 0.2) is 10.3 Å². The van der Waals surface area contributed by atoms with E-state index in [4.69, 9.17) is 11.6 Å². The van der Waals surface area contributed by atoms with E-state index in [-0.39, 0.29) is 5.92 Å². The fourth-order valence-electron chi connectivity index (χ4n) is 2.27. The van der Waals surface area contributed by atoms with E-state index in [0.29, 0.717) is 21.6 Å². The molecule has 1 saturated heterocycles. The molecule has 0 spiro atoms. The van der Waals surface area contributed by atoms with Crippen LogP contribution in [0.3, 0.4) is 0 Å². The van der Waals surface area contributed by atoms with Gasteiger partial charge in [-0.3, -0.25) is 0 Å². The molecule has 0 unspecified atom stereocenters. The van der Waals surface area contributed by atoms with Crippen molar-refractivity contribution in [2.24, 2.45) is 5.92 Å². The minimum Gasteiger partial charge on any atom is -0.393 e. The van der Waals surface area contributed by atoms with Crippen LogP contribution < -0.4 is 0 Å². The van der Waals surface area contributed by atoms with Crippen LogP contribution in [-0.4, -0.2) is 37.0 Å². The van der Waals surface area contributed by atoms with Gasteiger partial charge in [0.2, 0.25) is 0 Å². The van der Waals surface area contributed by atoms with E-state index >= 15 is 0 Å². The first kappa shape index (κ1) is 15.3. The number of piperidine rings is 1. The zero-order chi connectivity index (χ0) is 14.2. The van der Waals surface area contributed by atoms with Gasteiger partial charge in [-0.2, -0.15) is 4.31 Å². The number of nitrogens with zero attached hydrogens (tertiary/aromatic N) is 1. The number of hydrogen-bond donors (Lipinski definition) is 1. The molecule has 1 aliphatic heterocycles. The molecule has 1 aromatic rings. The number of halogens is 1. The van der Waals surface area contributed by atoms with E-state index in [1.807, 2.05) is 0 Å². The molecule has 2 heterocycles. The van der Waals surface area contributed by atoms with Crippen molar-refractivity contribution >= 4 is 33.0 Å². The van der Waals surface area contributed by atoms with Crippen LogP contribution in [-0.2, 0) is 10.0 Å². The SMILES string of the molecule is Cc1cc(S(=O)(=O)N2CCC[C@@H]([C@H](C)O)C2)sc1Cl. The monoisotopic (exact) mass is 323 g/mol. The van der Waals surface area contributed by atoms with Gasteiger partial charge in [0, 0.05) is 13.1 Å². The number of aliphatic hydroxyl groups is 1. The van der Waals surface area contributed by atoms with Crippen LogP contribution in [0, 0.1) is 12.8 Å². The van der Waals surface area contributed by atoms with Crippen LogP contribution in [0.4, 0.5) is 0 Å². The van der Waals surface area contributed by atoms with Crippen molar-refractivity contribution < 1.29 is 13.5 Å². The molecule has 1 aromatic heterocycles. The summed E-state index contributed by atoms with van der Waals surface area (Å²) in [6, 6.07) is 1.62. The molecule has 2 atom stereocenters. The number of aliphatic hydroxyl groups excluding tert-OH is 1. The molecule has 0 radical (unpaired) electrons. The van der Waals surface area contributed by atoms with Crippen molar-refractivity contribution in [3.8, 4) is 0 Å². The zero-order valence-corrected chi connectivity index (χ0v) is 13.4. The van der Waals surface area contributed by atoms with Gasteiger partial charge in [0.15, 0.2) is 0 Å². The first-order chi connectivity index (χ1) is 8.82. The van der Waals surface area contributed by atoms with Crippen molar-refractivity contribution in [1.82, 2.24) is 4.31 Å². The largest absolute Gasteiger partial charge is 0.393 e. The van der Waals surface area contributed by atoms with Crippen molar-refractivity contribution in [2.75, 3.05) is 13.1 Å². The molecule has 0 aromatic carbocycles. The average Bonchev–Trinajstić information content (AvgIpc) is 2.70. The average molecular weight is 324 g/mol. The lowest BCUT2D eigenvalue weighted by molar-refractivity contribution is 0.0886. The van der Waals surface area contributed by atoms with Crippen molar-refractivity contribution in [1.29, 1.82) is 0 Å². The summed E-state index contributed by atoms with van der Waals surface area (Å²) in [7, 11) is -3.47. The highest BCUT2D eigenvalue weighted by atomic mass is 35.5. The number of aryl methyl sites for hydroxylation is 1. The molecule has 2 rings (SSSR count). The van der Waals surface area contributed by atoms with E-state index in [0.717, 1.165) is 29.7 Å². The Morgan fingerprint density at radius 1 is 1.58 bits per heavy atom. The van der Waals surface area contributed by atoms with Crippen molar-refractivity contribution in [3.05, 3.63) is 16.0 Å². The standard InChI is InChI=1S/C12H18ClNO3S2/c1-8-6-11(18-12(8)13)19(16,17)14-5-3-4-10(7-14)9(2)15/h6,9-10,15H,3-5,7H2,1-2H3/t9-,10+/m0/s1. The number of rotatable bonds is 3. The Bertz CT molecular complexity index is 534. The molecular formula is C12H18ClNO3S2. The van der Waals surface area contributed by atoms with Gasteiger partial charge >= 0.3 is 0 Å². The summed E-state index contributed by atoms with van der Waals surface area (Å²) >= 11 is 7.05. The van der Waals surface area contributed by atoms with Gasteiger partial charge in [0.05, 0.1) is 10.4 Å². The van der Waals surface area contributed by atoms with Crippen molar-refractivity contribution in [3.63, 3.8) is 0 Å². The van der Waals surface area contributed by atoms with Crippen molar-refractivity contribution in [2.45, 2.75) is 37.0 Å². The summed E-state index contributed by atoms with van der Waals surface area (Å²) in [6.45, 7) is 4.41. The minimum absolute atomic E-state index is 0.0139. The molecule has 7 heteroatoms. The van der Waals surface area contributed by atoms with Gasteiger partial charge in [-0.1, -0.05) is 11.6 Å². The summed E-state index contributed by atoms with van der Waals surface area (Å²) < 4.78 is 27.3. The second-order valence-corrected chi connectivity index (χ2v) is 8.85. The summed E-state index contributed by atoms with van der Waals surface area (Å²) in [5.41, 5.74) is 0.786. The summed E-state index contributed by atoms with van der Waals surface area (Å²) in [5.74, 6) is 0.0139. The van der Waals surface area contributed by atoms with E-state index < -0.39 is 16.1 Å². The van der Waals surface area contributed by atoms with Crippen LogP contribution in [0.5, 0.6) is 0 Å². The second kappa shape index (κ2) is 5.69. The fraction of sp³-hybridized carbons (Fsp3) is 0.667. The Kier molecular flexibility index (Phi) is 4.57. The molecule has 0 bridgehead atoms. The highest BCUT2D eigenvalue weighted by Gasteiger charge is 2.33. The summed E-state index contributed by atoms with van der Waals surface area (Å²) in [6.07, 6.45) is 1.17. The first-order valence-corrected chi connectivity index (χ1v) is 8.90. The van der Waals surface area contributed by atoms with Gasteiger partial charge in [-0.15, -0.1) is 11.3 Å². The van der Waals surface area contributed by atoms with E-state index in [2.05, 4.69) is 0 Å². The zero-order valence-electron chi connectivity index (χ0n) is 11.0. The van der Waals surface area contributed by atoms with E-state index in [1.165, 1.54) is 4.31 Å². The van der Waals surface area contributed by atoms with E-state index in [9.17, 15) is 13.5 Å². The lowest BCUT2D eigenvalue weighted by atomic mass is 9.95. The molecule has 4 nitrogen and oxygen atoms in total. The molecule has 1 fully saturated rings. The van der Waals surface area contributed by atoms with Gasteiger partial charge in [-0.05, 0) is 44.2 Å². The van der Waals surface area contributed by atoms with Gasteiger partial charge in [0.25, 0.3) is 10.0 Å². The Balaban J connectivity index is 2.24. The highest BCUT2D eigenvalue weighted by Crippen LogP contribution is 2.33. The lowest BCUT2D eigenvalue weighted by Crippen LogP contribution is -2.42. The second-order valence-electron chi connectivity index (χ2n) is 5.03. The minimum atomic E-state index is -3.47. The topological polar surface area (TPSA) is 57.6 Å². The third-order valence-electron chi connectivity index (χ3n) is 3.53. The van der Waals surface area contributed by atoms with Gasteiger partial charge in [-0.25, -0.2) is 8.42 Å².